The zero-order chi connectivity index (χ0) is 23.8. The van der Waals surface area contributed by atoms with Crippen LogP contribution in [0.1, 0.15) is 25.7 Å². The maximum Gasteiger partial charge on any atom is 0.272 e. The Morgan fingerprint density at radius 3 is 2.21 bits per heavy atom. The number of aliphatic hydroxyl groups is 1. The van der Waals surface area contributed by atoms with Crippen LogP contribution in [0.15, 0.2) is 36.4 Å². The van der Waals surface area contributed by atoms with Gasteiger partial charge in [-0.2, -0.15) is 0 Å². The summed E-state index contributed by atoms with van der Waals surface area (Å²) in [5.41, 5.74) is 2.79. The van der Waals surface area contributed by atoms with Gasteiger partial charge in [0.1, 0.15) is 29.7 Å². The second kappa shape index (κ2) is 12.4. The van der Waals surface area contributed by atoms with Crippen molar-refractivity contribution in [2.45, 2.75) is 31.8 Å². The summed E-state index contributed by atoms with van der Waals surface area (Å²) >= 11 is 11.3. The van der Waals surface area contributed by atoms with Crippen LogP contribution in [-0.2, 0) is 4.79 Å². The summed E-state index contributed by atoms with van der Waals surface area (Å²) in [5.74, 6) is -0.510. The molecule has 1 unspecified atom stereocenters. The number of carbonyl (C=O) groups is 1. The molecule has 0 spiro atoms. The van der Waals surface area contributed by atoms with Crippen molar-refractivity contribution < 1.29 is 28.2 Å². The number of carbonyl (C=O) groups excluding carboxylic acids is 1. The van der Waals surface area contributed by atoms with E-state index in [-0.39, 0.29) is 34.9 Å². The quantitative estimate of drug-likeness (QED) is 0.496. The topological polar surface area (TPSA) is 71.0 Å². The number of benzene rings is 2. The molecule has 3 rings (SSSR count). The van der Waals surface area contributed by atoms with Gasteiger partial charge in [-0.1, -0.05) is 23.2 Å². The Morgan fingerprint density at radius 1 is 1.06 bits per heavy atom. The van der Waals surface area contributed by atoms with Crippen molar-refractivity contribution in [3.63, 3.8) is 0 Å². The van der Waals surface area contributed by atoms with E-state index in [0.717, 1.165) is 25.3 Å². The van der Waals surface area contributed by atoms with Crippen LogP contribution in [0.25, 0.3) is 0 Å². The smallest absolute Gasteiger partial charge is 0.272 e. The number of amides is 1. The average molecular weight is 503 g/mol. The van der Waals surface area contributed by atoms with Gasteiger partial charge in [0.15, 0.2) is 6.61 Å². The van der Waals surface area contributed by atoms with Crippen LogP contribution in [-0.4, -0.2) is 48.4 Å². The normalized spacial score (nSPS) is 15.8. The predicted molar refractivity (Wildman–Crippen MR) is 121 cm³/mol. The Labute approximate surface area is 201 Å². The van der Waals surface area contributed by atoms with Crippen molar-refractivity contribution in [3.8, 4) is 11.5 Å². The highest BCUT2D eigenvalue weighted by Crippen LogP contribution is 2.24. The van der Waals surface area contributed by atoms with Crippen LogP contribution in [0.3, 0.4) is 0 Å². The average Bonchev–Trinajstić information content (AvgIpc) is 2.80. The van der Waals surface area contributed by atoms with Gasteiger partial charge in [0.05, 0.1) is 16.1 Å². The van der Waals surface area contributed by atoms with E-state index in [0.29, 0.717) is 31.2 Å². The minimum absolute atomic E-state index is 0.00772. The minimum Gasteiger partial charge on any atom is -0.491 e. The molecule has 0 aliphatic carbocycles. The summed E-state index contributed by atoms with van der Waals surface area (Å²) in [4.78, 5) is 12.1. The molecule has 33 heavy (non-hydrogen) atoms. The van der Waals surface area contributed by atoms with Gasteiger partial charge in [0.25, 0.3) is 5.91 Å². The Morgan fingerprint density at radius 2 is 1.64 bits per heavy atom. The maximum absolute atomic E-state index is 13.4. The van der Waals surface area contributed by atoms with E-state index in [2.05, 4.69) is 5.43 Å². The van der Waals surface area contributed by atoms with E-state index in [4.69, 9.17) is 32.7 Å². The summed E-state index contributed by atoms with van der Waals surface area (Å²) in [6, 6.07) is 8.16. The fourth-order valence-electron chi connectivity index (χ4n) is 3.53. The van der Waals surface area contributed by atoms with Crippen LogP contribution < -0.4 is 14.9 Å². The Balaban J connectivity index is 1.29. The molecular formula is C23H26Cl2F2N2O4. The highest BCUT2D eigenvalue weighted by atomic mass is 35.5. The molecule has 0 saturated carbocycles. The number of nitrogens with one attached hydrogen (secondary N) is 1. The molecule has 1 aliphatic heterocycles. The van der Waals surface area contributed by atoms with Gasteiger partial charge >= 0.3 is 0 Å². The van der Waals surface area contributed by atoms with Crippen molar-refractivity contribution in [2.75, 3.05) is 26.3 Å². The second-order valence-corrected chi connectivity index (χ2v) is 8.76. The van der Waals surface area contributed by atoms with Gasteiger partial charge < -0.3 is 14.6 Å². The first-order chi connectivity index (χ1) is 15.8. The van der Waals surface area contributed by atoms with Crippen LogP contribution in [0.4, 0.5) is 8.78 Å². The molecule has 0 radical (unpaired) electrons. The summed E-state index contributed by atoms with van der Waals surface area (Å²) < 4.78 is 37.6. The molecule has 10 heteroatoms. The molecule has 0 bridgehead atoms. The van der Waals surface area contributed by atoms with E-state index in [1.807, 2.05) is 5.01 Å². The third kappa shape index (κ3) is 8.30. The van der Waals surface area contributed by atoms with E-state index >= 15 is 0 Å². The minimum atomic E-state index is -0.656. The standard InChI is InChI=1S/C23H26Cl2F2N2O4/c24-19-5-3-17(11-21(19)26)32-13-16(30)2-1-15-7-9-29(10-8-15)28-23(31)14-33-18-4-6-20(25)22(27)12-18/h3-6,11-12,15-16,30H,1-2,7-10,13-14H2,(H,28,31). The molecule has 180 valence electrons. The van der Waals surface area contributed by atoms with Gasteiger partial charge in [0, 0.05) is 25.2 Å². The lowest BCUT2D eigenvalue weighted by Gasteiger charge is -2.32. The Kier molecular flexibility index (Phi) is 9.55. The predicted octanol–water partition coefficient (Wildman–Crippen LogP) is 4.61. The first-order valence-electron chi connectivity index (χ1n) is 10.7. The van der Waals surface area contributed by atoms with Gasteiger partial charge in [-0.3, -0.25) is 10.2 Å². The maximum atomic E-state index is 13.4. The van der Waals surface area contributed by atoms with E-state index in [1.54, 1.807) is 6.07 Å². The third-order valence-electron chi connectivity index (χ3n) is 5.40. The Bertz CT molecular complexity index is 943. The number of piperidine rings is 1. The molecule has 2 N–H and O–H groups in total. The lowest BCUT2D eigenvalue weighted by molar-refractivity contribution is -0.128. The summed E-state index contributed by atoms with van der Waals surface area (Å²) in [7, 11) is 0. The number of rotatable bonds is 10. The number of hydrazine groups is 1. The summed E-state index contributed by atoms with van der Waals surface area (Å²) in [6.45, 7) is 1.21. The van der Waals surface area contributed by atoms with E-state index in [1.165, 1.54) is 24.3 Å². The van der Waals surface area contributed by atoms with E-state index < -0.39 is 17.7 Å². The zero-order valence-electron chi connectivity index (χ0n) is 17.9. The van der Waals surface area contributed by atoms with Gasteiger partial charge in [-0.05, 0) is 55.9 Å². The summed E-state index contributed by atoms with van der Waals surface area (Å²) in [6.07, 6.45) is 2.49. The zero-order valence-corrected chi connectivity index (χ0v) is 19.4. The lowest BCUT2D eigenvalue weighted by Crippen LogP contribution is -2.48. The molecule has 1 aliphatic rings. The number of nitrogens with zero attached hydrogens (tertiary/aromatic N) is 1. The second-order valence-electron chi connectivity index (χ2n) is 7.95. The van der Waals surface area contributed by atoms with Gasteiger partial charge in [-0.15, -0.1) is 0 Å². The van der Waals surface area contributed by atoms with Crippen molar-refractivity contribution in [3.05, 3.63) is 58.1 Å². The highest BCUT2D eigenvalue weighted by Gasteiger charge is 2.21. The molecule has 6 nitrogen and oxygen atoms in total. The number of aliphatic hydroxyl groups excluding tert-OH is 1. The fraction of sp³-hybridized carbons (Fsp3) is 0.435. The van der Waals surface area contributed by atoms with Gasteiger partial charge in [-0.25, -0.2) is 13.8 Å². The SMILES string of the molecule is O=C(COc1ccc(Cl)c(F)c1)NN1CCC(CCC(O)COc2ccc(Cl)c(F)c2)CC1. The molecule has 2 aromatic carbocycles. The molecule has 1 saturated heterocycles. The van der Waals surface area contributed by atoms with Crippen LogP contribution in [0.5, 0.6) is 11.5 Å². The monoisotopic (exact) mass is 502 g/mol. The van der Waals surface area contributed by atoms with Crippen molar-refractivity contribution in [1.29, 1.82) is 0 Å². The first kappa shape index (κ1) is 25.5. The molecule has 1 heterocycles. The van der Waals surface area contributed by atoms with Crippen LogP contribution in [0, 0.1) is 17.6 Å². The number of halogens is 4. The third-order valence-corrected chi connectivity index (χ3v) is 6.01. The molecule has 0 aromatic heterocycles. The fourth-order valence-corrected chi connectivity index (χ4v) is 3.76. The van der Waals surface area contributed by atoms with E-state index in [9.17, 15) is 18.7 Å². The summed E-state index contributed by atoms with van der Waals surface area (Å²) in [5, 5.41) is 12.0. The molecule has 2 aromatic rings. The van der Waals surface area contributed by atoms with Crippen LogP contribution in [0.2, 0.25) is 10.0 Å². The number of hydrogen-bond donors (Lipinski definition) is 2. The largest absolute Gasteiger partial charge is 0.491 e. The Hall–Kier alpha value is -2.13. The highest BCUT2D eigenvalue weighted by molar-refractivity contribution is 6.31. The molecular weight excluding hydrogens is 477 g/mol. The number of hydrogen-bond acceptors (Lipinski definition) is 5. The van der Waals surface area contributed by atoms with Crippen molar-refractivity contribution >= 4 is 29.1 Å². The lowest BCUT2D eigenvalue weighted by atomic mass is 9.92. The molecule has 1 amide bonds. The number of ether oxygens (including phenoxy) is 2. The van der Waals surface area contributed by atoms with Crippen molar-refractivity contribution in [1.82, 2.24) is 10.4 Å². The van der Waals surface area contributed by atoms with Crippen molar-refractivity contribution in [2.24, 2.45) is 5.92 Å². The first-order valence-corrected chi connectivity index (χ1v) is 11.4. The molecule has 1 atom stereocenters. The molecule has 1 fully saturated rings. The van der Waals surface area contributed by atoms with Gasteiger partial charge in [0.2, 0.25) is 0 Å². The van der Waals surface area contributed by atoms with Crippen LogP contribution >= 0.6 is 23.2 Å².